The Morgan fingerprint density at radius 1 is 1.17 bits per heavy atom. The lowest BCUT2D eigenvalue weighted by molar-refractivity contribution is -0.130. The number of allylic oxidation sites excluding steroid dienone is 1. The Kier molecular flexibility index (Phi) is 4.71. The first kappa shape index (κ1) is 18.7. The van der Waals surface area contributed by atoms with Gasteiger partial charge in [0.05, 0.1) is 10.2 Å². The van der Waals surface area contributed by atoms with Gasteiger partial charge in [-0.3, -0.25) is 4.79 Å². The van der Waals surface area contributed by atoms with E-state index < -0.39 is 18.1 Å². The maximum absolute atomic E-state index is 13.0. The predicted octanol–water partition coefficient (Wildman–Crippen LogP) is 3.32. The molecule has 2 aliphatic heterocycles. The van der Waals surface area contributed by atoms with Gasteiger partial charge in [0.15, 0.2) is 27.8 Å². The molecule has 154 valence electrons. The van der Waals surface area contributed by atoms with E-state index in [2.05, 4.69) is 11.6 Å². The van der Waals surface area contributed by atoms with Crippen molar-refractivity contribution < 1.29 is 23.7 Å². The molecule has 2 aromatic carbocycles. The zero-order valence-electron chi connectivity index (χ0n) is 16.4. The number of hydrogen-bond acceptors (Lipinski definition) is 6. The van der Waals surface area contributed by atoms with Crippen LogP contribution in [0, 0.1) is 0 Å². The van der Waals surface area contributed by atoms with Crippen molar-refractivity contribution in [3.05, 3.63) is 53.9 Å². The highest BCUT2D eigenvalue weighted by atomic mass is 32.1. The maximum Gasteiger partial charge on any atom is 0.293 e. The van der Waals surface area contributed by atoms with E-state index in [1.165, 1.54) is 11.3 Å². The lowest BCUT2D eigenvalue weighted by Gasteiger charge is -2.29. The number of carbonyl (C=O) groups is 1. The molecule has 2 aliphatic rings. The largest absolute Gasteiger partial charge is 0.486 e. The van der Waals surface area contributed by atoms with E-state index in [0.717, 1.165) is 10.2 Å². The fourth-order valence-electron chi connectivity index (χ4n) is 3.55. The van der Waals surface area contributed by atoms with Crippen LogP contribution in [0.25, 0.3) is 10.2 Å². The second-order valence-electron chi connectivity index (χ2n) is 7.01. The summed E-state index contributed by atoms with van der Waals surface area (Å²) in [5, 5.41) is 0. The summed E-state index contributed by atoms with van der Waals surface area (Å²) < 4.78 is 26.0. The summed E-state index contributed by atoms with van der Waals surface area (Å²) in [6.45, 7) is 7.18. The molecule has 0 radical (unpaired) electrons. The lowest BCUT2D eigenvalue weighted by Crippen LogP contribution is -2.43. The summed E-state index contributed by atoms with van der Waals surface area (Å²) in [6.07, 6.45) is 0.501. The van der Waals surface area contributed by atoms with Crippen molar-refractivity contribution in [3.63, 3.8) is 0 Å². The van der Waals surface area contributed by atoms with E-state index in [1.807, 2.05) is 34.9 Å². The molecule has 2 unspecified atom stereocenters. The number of carbonyl (C=O) groups excluding carboxylic acids is 1. The highest BCUT2D eigenvalue weighted by molar-refractivity contribution is 7.16. The van der Waals surface area contributed by atoms with Crippen LogP contribution in [0.2, 0.25) is 0 Å². The van der Waals surface area contributed by atoms with E-state index in [4.69, 9.17) is 18.9 Å². The van der Waals surface area contributed by atoms with Crippen molar-refractivity contribution in [1.82, 2.24) is 4.57 Å². The number of fused-ring (bicyclic) bond motifs is 3. The lowest BCUT2D eigenvalue weighted by atomic mass is 10.1. The third-order valence-corrected chi connectivity index (χ3v) is 5.99. The van der Waals surface area contributed by atoms with Gasteiger partial charge in [0.1, 0.15) is 19.3 Å². The molecule has 1 amide bonds. The van der Waals surface area contributed by atoms with Gasteiger partial charge >= 0.3 is 0 Å². The van der Waals surface area contributed by atoms with E-state index in [0.29, 0.717) is 47.6 Å². The molecule has 7 nitrogen and oxygen atoms in total. The number of aromatic nitrogens is 1. The molecule has 0 N–H and O–H groups in total. The van der Waals surface area contributed by atoms with Gasteiger partial charge in [-0.1, -0.05) is 29.5 Å². The number of amides is 1. The van der Waals surface area contributed by atoms with Crippen LogP contribution in [-0.2, 0) is 11.3 Å². The number of para-hydroxylation sites is 2. The number of hydrogen-bond donors (Lipinski definition) is 0. The number of benzene rings is 2. The minimum atomic E-state index is -0.817. The number of ether oxygens (including phenoxy) is 4. The van der Waals surface area contributed by atoms with Crippen LogP contribution in [0.1, 0.15) is 6.92 Å². The normalized spacial score (nSPS) is 20.2. The highest BCUT2D eigenvalue weighted by Crippen LogP contribution is 2.36. The smallest absolute Gasteiger partial charge is 0.293 e. The molecule has 2 atom stereocenters. The van der Waals surface area contributed by atoms with Crippen LogP contribution >= 0.6 is 11.3 Å². The molecular weight excluding hydrogens is 404 g/mol. The standard InChI is InChI=1S/C22H20N2O5S/c1-3-8-24-14-11-17-18(27-10-9-26-17)12-19(14)30-22(24)23-21(25)20-13(2)28-15-6-4-5-7-16(15)29-20/h3-7,11-13,20H,1,8-10H2,2H3. The second kappa shape index (κ2) is 7.53. The van der Waals surface area contributed by atoms with Crippen molar-refractivity contribution in [2.24, 2.45) is 4.99 Å². The molecule has 5 rings (SSSR count). The molecule has 0 bridgehead atoms. The summed E-state index contributed by atoms with van der Waals surface area (Å²) >= 11 is 1.41. The molecule has 3 heterocycles. The average molecular weight is 424 g/mol. The Balaban J connectivity index is 1.55. The van der Waals surface area contributed by atoms with Crippen molar-refractivity contribution in [1.29, 1.82) is 0 Å². The topological polar surface area (TPSA) is 71.3 Å². The molecule has 0 saturated carbocycles. The summed E-state index contributed by atoms with van der Waals surface area (Å²) in [6, 6.07) is 11.2. The average Bonchev–Trinajstić information content (AvgIpc) is 3.07. The summed E-state index contributed by atoms with van der Waals surface area (Å²) in [4.78, 5) is 18.0. The molecular formula is C22H20N2O5S. The molecule has 0 spiro atoms. The van der Waals surface area contributed by atoms with Crippen molar-refractivity contribution in [2.45, 2.75) is 25.7 Å². The molecule has 0 saturated heterocycles. The van der Waals surface area contributed by atoms with Crippen molar-refractivity contribution in [2.75, 3.05) is 13.2 Å². The molecule has 8 heteroatoms. The van der Waals surface area contributed by atoms with Crippen LogP contribution in [0.3, 0.4) is 0 Å². The van der Waals surface area contributed by atoms with E-state index in [9.17, 15) is 4.79 Å². The van der Waals surface area contributed by atoms with Gasteiger partial charge in [-0.25, -0.2) is 0 Å². The fraction of sp³-hybridized carbons (Fsp3) is 0.273. The third-order valence-electron chi connectivity index (χ3n) is 4.95. The Labute approximate surface area is 176 Å². The van der Waals surface area contributed by atoms with Crippen LogP contribution < -0.4 is 23.7 Å². The number of thiazole rings is 1. The maximum atomic E-state index is 13.0. The fourth-order valence-corrected chi connectivity index (χ4v) is 4.60. The van der Waals surface area contributed by atoms with E-state index >= 15 is 0 Å². The van der Waals surface area contributed by atoms with Gasteiger partial charge in [-0.2, -0.15) is 4.99 Å². The first-order chi connectivity index (χ1) is 14.6. The zero-order chi connectivity index (χ0) is 20.7. The minimum absolute atomic E-state index is 0.390. The van der Waals surface area contributed by atoms with Gasteiger partial charge in [-0.15, -0.1) is 6.58 Å². The van der Waals surface area contributed by atoms with Gasteiger partial charge in [0.25, 0.3) is 5.91 Å². The highest BCUT2D eigenvalue weighted by Gasteiger charge is 2.34. The number of nitrogens with zero attached hydrogens (tertiary/aromatic N) is 2. The van der Waals surface area contributed by atoms with Gasteiger partial charge in [-0.05, 0) is 19.1 Å². The molecule has 30 heavy (non-hydrogen) atoms. The first-order valence-electron chi connectivity index (χ1n) is 9.69. The Morgan fingerprint density at radius 2 is 1.87 bits per heavy atom. The van der Waals surface area contributed by atoms with E-state index in [-0.39, 0.29) is 0 Å². The van der Waals surface area contributed by atoms with Gasteiger partial charge in [0.2, 0.25) is 6.10 Å². The Hall–Kier alpha value is -3.26. The molecule has 0 aliphatic carbocycles. The van der Waals surface area contributed by atoms with Gasteiger partial charge in [0, 0.05) is 18.7 Å². The monoisotopic (exact) mass is 424 g/mol. The minimum Gasteiger partial charge on any atom is -0.486 e. The van der Waals surface area contributed by atoms with E-state index in [1.54, 1.807) is 19.1 Å². The van der Waals surface area contributed by atoms with Crippen molar-refractivity contribution in [3.8, 4) is 23.0 Å². The summed E-state index contributed by atoms with van der Waals surface area (Å²) in [5.74, 6) is 2.17. The Bertz CT molecular complexity index is 1210. The van der Waals surface area contributed by atoms with Gasteiger partial charge < -0.3 is 23.5 Å². The second-order valence-corrected chi connectivity index (χ2v) is 8.01. The quantitative estimate of drug-likeness (QED) is 0.604. The molecule has 3 aromatic rings. The zero-order valence-corrected chi connectivity index (χ0v) is 17.2. The third kappa shape index (κ3) is 3.23. The Morgan fingerprint density at radius 3 is 2.60 bits per heavy atom. The van der Waals surface area contributed by atoms with Crippen LogP contribution in [0.4, 0.5) is 0 Å². The van der Waals surface area contributed by atoms with Crippen LogP contribution in [0.5, 0.6) is 23.0 Å². The predicted molar refractivity (Wildman–Crippen MR) is 113 cm³/mol. The molecule has 1 aromatic heterocycles. The molecule has 0 fully saturated rings. The summed E-state index contributed by atoms with van der Waals surface area (Å²) in [5.41, 5.74) is 0.912. The summed E-state index contributed by atoms with van der Waals surface area (Å²) in [7, 11) is 0. The van der Waals surface area contributed by atoms with Crippen LogP contribution in [0.15, 0.2) is 54.0 Å². The SMILES string of the molecule is C=CCn1c(=NC(=O)C2Oc3ccccc3OC2C)sc2cc3c(cc21)OCCO3. The first-order valence-corrected chi connectivity index (χ1v) is 10.5. The van der Waals surface area contributed by atoms with Crippen LogP contribution in [-0.4, -0.2) is 35.9 Å². The van der Waals surface area contributed by atoms with Crippen molar-refractivity contribution >= 4 is 27.5 Å². The number of rotatable bonds is 3.